The van der Waals surface area contributed by atoms with E-state index in [9.17, 15) is 4.79 Å². The van der Waals surface area contributed by atoms with E-state index >= 15 is 0 Å². The number of nitrogens with one attached hydrogen (secondary N) is 1. The van der Waals surface area contributed by atoms with Gasteiger partial charge in [-0.25, -0.2) is 4.79 Å². The predicted octanol–water partition coefficient (Wildman–Crippen LogP) is 0.597. The Hall–Kier alpha value is -0.770. The van der Waals surface area contributed by atoms with Crippen molar-refractivity contribution in [3.05, 3.63) is 0 Å². The van der Waals surface area contributed by atoms with Crippen LogP contribution in [0, 0.1) is 0 Å². The van der Waals surface area contributed by atoms with E-state index in [1.165, 1.54) is 0 Å². The highest BCUT2D eigenvalue weighted by Crippen LogP contribution is 2.01. The molecule has 0 aromatic carbocycles. The molecule has 0 bridgehead atoms. The molecule has 0 aromatic rings. The van der Waals surface area contributed by atoms with E-state index < -0.39 is 6.03 Å². The molecule has 0 unspecified atom stereocenters. The molecule has 0 heterocycles. The highest BCUT2D eigenvalue weighted by atomic mass is 16.2. The number of nitrogens with two attached hydrogens (primary N) is 1. The number of carbonyl (C=O) groups excluding carboxylic acids is 1. The summed E-state index contributed by atoms with van der Waals surface area (Å²) in [5, 5.41) is 11.0. The fourth-order valence-electron chi connectivity index (χ4n) is 0.979. The van der Waals surface area contributed by atoms with Gasteiger partial charge in [-0.05, 0) is 12.8 Å². The van der Waals surface area contributed by atoms with Crippen molar-refractivity contribution in [2.24, 2.45) is 5.73 Å². The molecule has 0 atom stereocenters. The molecule has 2 amide bonds. The quantitative estimate of drug-likeness (QED) is 0.494. The standard InChI is InChI=1S/C8H18N2O2/c9-8(12)10-6-4-2-1-3-5-7-11/h11H,1-7H2,(H3,9,10,12). The summed E-state index contributed by atoms with van der Waals surface area (Å²) < 4.78 is 0. The summed E-state index contributed by atoms with van der Waals surface area (Å²) in [5.74, 6) is 0. The lowest BCUT2D eigenvalue weighted by Crippen LogP contribution is -2.29. The molecule has 0 aliphatic carbocycles. The van der Waals surface area contributed by atoms with Crippen LogP contribution < -0.4 is 11.1 Å². The smallest absolute Gasteiger partial charge is 0.312 e. The minimum absolute atomic E-state index is 0.277. The summed E-state index contributed by atoms with van der Waals surface area (Å²) in [6, 6.07) is -0.453. The van der Waals surface area contributed by atoms with Crippen molar-refractivity contribution in [3.63, 3.8) is 0 Å². The zero-order valence-electron chi connectivity index (χ0n) is 7.38. The second-order valence-electron chi connectivity index (χ2n) is 2.78. The first kappa shape index (κ1) is 11.2. The third-order valence-electron chi connectivity index (χ3n) is 1.63. The van der Waals surface area contributed by atoms with Gasteiger partial charge in [0.25, 0.3) is 0 Å². The van der Waals surface area contributed by atoms with Gasteiger partial charge in [0.05, 0.1) is 0 Å². The van der Waals surface area contributed by atoms with Crippen LogP contribution in [0.4, 0.5) is 4.79 Å². The number of hydrogen-bond acceptors (Lipinski definition) is 2. The van der Waals surface area contributed by atoms with Crippen LogP contribution in [0.3, 0.4) is 0 Å². The molecular weight excluding hydrogens is 156 g/mol. The summed E-state index contributed by atoms with van der Waals surface area (Å²) in [7, 11) is 0. The number of unbranched alkanes of at least 4 members (excludes halogenated alkanes) is 4. The Labute approximate surface area is 73.1 Å². The normalized spacial score (nSPS) is 9.75. The maximum absolute atomic E-state index is 10.2. The van der Waals surface area contributed by atoms with Gasteiger partial charge in [-0.1, -0.05) is 19.3 Å². The van der Waals surface area contributed by atoms with Crippen LogP contribution in [0.5, 0.6) is 0 Å². The average Bonchev–Trinajstić information content (AvgIpc) is 2.02. The third-order valence-corrected chi connectivity index (χ3v) is 1.63. The summed E-state index contributed by atoms with van der Waals surface area (Å²) >= 11 is 0. The summed E-state index contributed by atoms with van der Waals surface area (Å²) in [6.07, 6.45) is 5.10. The van der Waals surface area contributed by atoms with E-state index in [4.69, 9.17) is 10.8 Å². The molecule has 0 aromatic heterocycles. The second kappa shape index (κ2) is 8.33. The van der Waals surface area contributed by atoms with E-state index in [0.717, 1.165) is 32.1 Å². The third kappa shape index (κ3) is 9.23. The fraction of sp³-hybridized carbons (Fsp3) is 0.875. The Morgan fingerprint density at radius 3 is 2.33 bits per heavy atom. The number of primary amides is 1. The Kier molecular flexibility index (Phi) is 7.79. The van der Waals surface area contributed by atoms with Gasteiger partial charge in [-0.15, -0.1) is 0 Å². The second-order valence-corrected chi connectivity index (χ2v) is 2.78. The topological polar surface area (TPSA) is 75.4 Å². The molecule has 0 spiro atoms. The van der Waals surface area contributed by atoms with Crippen molar-refractivity contribution in [2.75, 3.05) is 13.2 Å². The van der Waals surface area contributed by atoms with Crippen LogP contribution in [0.25, 0.3) is 0 Å². The lowest BCUT2D eigenvalue weighted by Gasteiger charge is -2.00. The number of urea groups is 1. The van der Waals surface area contributed by atoms with Crippen LogP contribution in [0.1, 0.15) is 32.1 Å². The molecule has 72 valence electrons. The number of hydrogen-bond donors (Lipinski definition) is 3. The predicted molar refractivity (Wildman–Crippen MR) is 47.8 cm³/mol. The molecule has 0 saturated carbocycles. The molecule has 12 heavy (non-hydrogen) atoms. The van der Waals surface area contributed by atoms with Crippen molar-refractivity contribution in [1.82, 2.24) is 5.32 Å². The zero-order valence-corrected chi connectivity index (χ0v) is 7.38. The van der Waals surface area contributed by atoms with Gasteiger partial charge in [0.15, 0.2) is 0 Å². The van der Waals surface area contributed by atoms with Crippen molar-refractivity contribution in [1.29, 1.82) is 0 Å². The van der Waals surface area contributed by atoms with E-state index in [1.807, 2.05) is 0 Å². The highest BCUT2D eigenvalue weighted by Gasteiger charge is 1.91. The first-order valence-electron chi connectivity index (χ1n) is 4.41. The van der Waals surface area contributed by atoms with E-state index in [2.05, 4.69) is 5.32 Å². The first-order valence-corrected chi connectivity index (χ1v) is 4.41. The monoisotopic (exact) mass is 174 g/mol. The molecule has 0 aliphatic heterocycles. The lowest BCUT2D eigenvalue weighted by atomic mass is 10.1. The molecule has 4 nitrogen and oxygen atoms in total. The van der Waals surface area contributed by atoms with Gasteiger partial charge >= 0.3 is 6.03 Å². The van der Waals surface area contributed by atoms with Crippen LogP contribution >= 0.6 is 0 Å². The Morgan fingerprint density at radius 1 is 1.17 bits per heavy atom. The fourth-order valence-corrected chi connectivity index (χ4v) is 0.979. The van der Waals surface area contributed by atoms with Crippen LogP contribution in [-0.2, 0) is 0 Å². The minimum Gasteiger partial charge on any atom is -0.396 e. The maximum Gasteiger partial charge on any atom is 0.312 e. The number of aliphatic hydroxyl groups is 1. The van der Waals surface area contributed by atoms with Gasteiger partial charge < -0.3 is 16.2 Å². The zero-order chi connectivity index (χ0) is 9.23. The molecule has 4 heteroatoms. The van der Waals surface area contributed by atoms with Crippen molar-refractivity contribution >= 4 is 6.03 Å². The summed E-state index contributed by atoms with van der Waals surface area (Å²) in [6.45, 7) is 0.938. The van der Waals surface area contributed by atoms with Crippen molar-refractivity contribution in [2.45, 2.75) is 32.1 Å². The average molecular weight is 174 g/mol. The van der Waals surface area contributed by atoms with Gasteiger partial charge in [-0.3, -0.25) is 0 Å². The first-order chi connectivity index (χ1) is 5.77. The van der Waals surface area contributed by atoms with E-state index in [0.29, 0.717) is 6.54 Å². The Bertz CT molecular complexity index is 118. The van der Waals surface area contributed by atoms with Crippen molar-refractivity contribution in [3.8, 4) is 0 Å². The van der Waals surface area contributed by atoms with Crippen molar-refractivity contribution < 1.29 is 9.90 Å². The minimum atomic E-state index is -0.453. The molecule has 0 fully saturated rings. The van der Waals surface area contributed by atoms with Crippen LogP contribution in [-0.4, -0.2) is 24.3 Å². The molecule has 0 aliphatic rings. The molecular formula is C8H18N2O2. The van der Waals surface area contributed by atoms with Gasteiger partial charge in [0, 0.05) is 13.2 Å². The largest absolute Gasteiger partial charge is 0.396 e. The number of rotatable bonds is 7. The van der Waals surface area contributed by atoms with E-state index in [1.54, 1.807) is 0 Å². The number of carbonyl (C=O) groups is 1. The number of aliphatic hydroxyl groups excluding tert-OH is 1. The lowest BCUT2D eigenvalue weighted by molar-refractivity contribution is 0.248. The van der Waals surface area contributed by atoms with Crippen LogP contribution in [0.15, 0.2) is 0 Å². The van der Waals surface area contributed by atoms with E-state index in [-0.39, 0.29) is 6.61 Å². The molecule has 0 rings (SSSR count). The molecule has 0 radical (unpaired) electrons. The molecule has 0 saturated heterocycles. The molecule has 4 N–H and O–H groups in total. The summed E-state index contributed by atoms with van der Waals surface area (Å²) in [5.41, 5.74) is 4.87. The SMILES string of the molecule is NC(=O)NCCCCCCCO. The summed E-state index contributed by atoms with van der Waals surface area (Å²) in [4.78, 5) is 10.2. The van der Waals surface area contributed by atoms with Gasteiger partial charge in [0.2, 0.25) is 0 Å². The maximum atomic E-state index is 10.2. The van der Waals surface area contributed by atoms with Gasteiger partial charge in [-0.2, -0.15) is 0 Å². The Morgan fingerprint density at radius 2 is 1.75 bits per heavy atom. The number of amides is 2. The Balaban J connectivity index is 2.86. The van der Waals surface area contributed by atoms with Crippen LogP contribution in [0.2, 0.25) is 0 Å². The highest BCUT2D eigenvalue weighted by molar-refractivity contribution is 5.71. The van der Waals surface area contributed by atoms with Gasteiger partial charge in [0.1, 0.15) is 0 Å².